The molecule has 0 aromatic heterocycles. The van der Waals surface area contributed by atoms with E-state index in [1.54, 1.807) is 12.2 Å². The summed E-state index contributed by atoms with van der Waals surface area (Å²) in [7, 11) is 0. The van der Waals surface area contributed by atoms with Gasteiger partial charge in [0.05, 0.1) is 18.8 Å². The fraction of sp³-hybridized carbons (Fsp3) is 0.429. The fourth-order valence-corrected chi connectivity index (χ4v) is 2.16. The van der Waals surface area contributed by atoms with Gasteiger partial charge in [0.1, 0.15) is 6.10 Å². The van der Waals surface area contributed by atoms with E-state index in [-0.39, 0.29) is 6.10 Å². The van der Waals surface area contributed by atoms with E-state index in [4.69, 9.17) is 13.7 Å². The zero-order valence-corrected chi connectivity index (χ0v) is 12.1. The molecule has 3 nitrogen and oxygen atoms in total. The lowest BCUT2D eigenvalue weighted by atomic mass is 10.1. The van der Waals surface area contributed by atoms with Crippen molar-refractivity contribution in [2.75, 3.05) is 19.5 Å². The third-order valence-corrected chi connectivity index (χ3v) is 3.27. The maximum Gasteiger partial charge on any atom is 0.416 e. The highest BCUT2D eigenvalue weighted by molar-refractivity contribution is 7.93. The van der Waals surface area contributed by atoms with Crippen LogP contribution in [0.1, 0.15) is 11.1 Å². The molecule has 1 aromatic rings. The average molecular weight is 320 g/mol. The lowest BCUT2D eigenvalue weighted by Crippen LogP contribution is -2.35. The molecular formula is C14H15F3O3S. The van der Waals surface area contributed by atoms with Crippen molar-refractivity contribution in [3.05, 3.63) is 41.5 Å². The molecule has 0 saturated carbocycles. The van der Waals surface area contributed by atoms with E-state index in [1.165, 1.54) is 24.2 Å². The summed E-state index contributed by atoms with van der Waals surface area (Å²) in [5, 5.41) is 0. The summed E-state index contributed by atoms with van der Waals surface area (Å²) in [6.07, 6.45) is 0.226. The molecule has 1 aliphatic heterocycles. The van der Waals surface area contributed by atoms with Gasteiger partial charge in [-0.15, -0.1) is 0 Å². The van der Waals surface area contributed by atoms with E-state index in [0.717, 1.165) is 12.1 Å². The van der Waals surface area contributed by atoms with Gasteiger partial charge in [0.25, 0.3) is 0 Å². The molecule has 0 bridgehead atoms. The van der Waals surface area contributed by atoms with Crippen LogP contribution in [-0.4, -0.2) is 31.9 Å². The number of ether oxygens (including phenoxy) is 2. The quantitative estimate of drug-likeness (QED) is 0.790. The highest BCUT2D eigenvalue weighted by Crippen LogP contribution is 2.29. The van der Waals surface area contributed by atoms with Gasteiger partial charge in [-0.05, 0) is 35.8 Å². The molecule has 116 valence electrons. The lowest BCUT2D eigenvalue weighted by molar-refractivity contribution is -0.184. The van der Waals surface area contributed by atoms with Gasteiger partial charge in [-0.3, -0.25) is 0 Å². The number of halogens is 3. The van der Waals surface area contributed by atoms with E-state index in [0.29, 0.717) is 18.8 Å². The van der Waals surface area contributed by atoms with Gasteiger partial charge in [-0.1, -0.05) is 18.2 Å². The van der Waals surface area contributed by atoms with E-state index in [1.807, 2.05) is 6.26 Å². The third-order valence-electron chi connectivity index (χ3n) is 2.81. The van der Waals surface area contributed by atoms with Crippen molar-refractivity contribution >= 4 is 18.1 Å². The average Bonchev–Trinajstić information content (AvgIpc) is 2.46. The second kappa shape index (κ2) is 7.31. The predicted octanol–water partition coefficient (Wildman–Crippen LogP) is 3.75. The third kappa shape index (κ3) is 5.03. The van der Waals surface area contributed by atoms with Crippen LogP contribution in [0, 0.1) is 0 Å². The van der Waals surface area contributed by atoms with Crippen molar-refractivity contribution in [1.82, 2.24) is 0 Å². The van der Waals surface area contributed by atoms with Gasteiger partial charge in [-0.25, -0.2) is 0 Å². The molecule has 1 saturated heterocycles. The lowest BCUT2D eigenvalue weighted by Gasteiger charge is -2.26. The van der Waals surface area contributed by atoms with Crippen molar-refractivity contribution in [3.8, 4) is 0 Å². The fourth-order valence-electron chi connectivity index (χ4n) is 1.78. The Morgan fingerprint density at radius 2 is 1.81 bits per heavy atom. The highest BCUT2D eigenvalue weighted by atomic mass is 32.2. The van der Waals surface area contributed by atoms with Crippen LogP contribution in [-0.2, 0) is 19.8 Å². The largest absolute Gasteiger partial charge is 0.416 e. The minimum atomic E-state index is -4.32. The van der Waals surface area contributed by atoms with Crippen LogP contribution >= 0.6 is 12.0 Å². The number of hydrogen-bond acceptors (Lipinski definition) is 4. The smallest absolute Gasteiger partial charge is 0.346 e. The molecule has 0 atom stereocenters. The molecule has 0 N–H and O–H groups in total. The summed E-state index contributed by atoms with van der Waals surface area (Å²) >= 11 is 1.25. The number of hydrogen-bond donors (Lipinski definition) is 0. The van der Waals surface area contributed by atoms with Crippen LogP contribution in [0.15, 0.2) is 30.3 Å². The van der Waals surface area contributed by atoms with E-state index in [9.17, 15) is 13.2 Å². The van der Waals surface area contributed by atoms with E-state index >= 15 is 0 Å². The molecule has 21 heavy (non-hydrogen) atoms. The first kappa shape index (κ1) is 16.4. The van der Waals surface area contributed by atoms with Gasteiger partial charge < -0.3 is 13.7 Å². The molecule has 1 aliphatic rings. The summed E-state index contributed by atoms with van der Waals surface area (Å²) < 4.78 is 53.4. The Bertz CT molecular complexity index is 465. The summed E-state index contributed by atoms with van der Waals surface area (Å²) in [4.78, 5) is 0. The van der Waals surface area contributed by atoms with Gasteiger partial charge >= 0.3 is 6.18 Å². The molecule has 1 aromatic carbocycles. The van der Waals surface area contributed by atoms with Crippen LogP contribution in [0.3, 0.4) is 0 Å². The Hall–Kier alpha value is -1.02. The highest BCUT2D eigenvalue weighted by Gasteiger charge is 2.29. The maximum absolute atomic E-state index is 12.4. The molecule has 0 spiro atoms. The number of benzene rings is 1. The van der Waals surface area contributed by atoms with Crippen molar-refractivity contribution < 1.29 is 26.8 Å². The molecule has 1 fully saturated rings. The monoisotopic (exact) mass is 320 g/mol. The van der Waals surface area contributed by atoms with E-state index in [2.05, 4.69) is 0 Å². The Balaban J connectivity index is 1.87. The Labute approximate surface area is 125 Å². The Kier molecular flexibility index (Phi) is 5.69. The number of alkyl halides is 3. The predicted molar refractivity (Wildman–Crippen MR) is 74.6 cm³/mol. The van der Waals surface area contributed by atoms with Crippen molar-refractivity contribution in [2.24, 2.45) is 0 Å². The SMILES string of the molecule is CSOC1COC(/C=C/c2ccc(C(F)(F)F)cc2)OC1. The molecule has 0 unspecified atom stereocenters. The molecule has 0 aliphatic carbocycles. The molecular weight excluding hydrogens is 305 g/mol. The number of rotatable bonds is 4. The maximum atomic E-state index is 12.4. The Morgan fingerprint density at radius 3 is 2.33 bits per heavy atom. The van der Waals surface area contributed by atoms with Crippen LogP contribution in [0.4, 0.5) is 13.2 Å². The van der Waals surface area contributed by atoms with Crippen LogP contribution in [0.2, 0.25) is 0 Å². The normalized spacial score (nSPS) is 23.6. The van der Waals surface area contributed by atoms with E-state index < -0.39 is 18.0 Å². The second-order valence-electron chi connectivity index (χ2n) is 4.40. The van der Waals surface area contributed by atoms with Gasteiger partial charge in [0.2, 0.25) is 0 Å². The first-order chi connectivity index (χ1) is 9.99. The van der Waals surface area contributed by atoms with Crippen molar-refractivity contribution in [3.63, 3.8) is 0 Å². The van der Waals surface area contributed by atoms with Gasteiger partial charge in [-0.2, -0.15) is 13.2 Å². The van der Waals surface area contributed by atoms with Gasteiger partial charge in [0.15, 0.2) is 6.29 Å². The van der Waals surface area contributed by atoms with Gasteiger partial charge in [0, 0.05) is 6.26 Å². The minimum absolute atomic E-state index is 0.101. The first-order valence-electron chi connectivity index (χ1n) is 6.27. The zero-order chi connectivity index (χ0) is 15.3. The molecule has 0 amide bonds. The molecule has 0 radical (unpaired) electrons. The van der Waals surface area contributed by atoms with Crippen LogP contribution < -0.4 is 0 Å². The van der Waals surface area contributed by atoms with Crippen LogP contribution in [0.25, 0.3) is 6.08 Å². The summed E-state index contributed by atoms with van der Waals surface area (Å²) in [6.45, 7) is 0.839. The topological polar surface area (TPSA) is 27.7 Å². The van der Waals surface area contributed by atoms with Crippen molar-refractivity contribution in [2.45, 2.75) is 18.6 Å². The summed E-state index contributed by atoms with van der Waals surface area (Å²) in [5.41, 5.74) is -0.0143. The minimum Gasteiger partial charge on any atom is -0.346 e. The Morgan fingerprint density at radius 1 is 1.19 bits per heavy atom. The molecule has 1 heterocycles. The zero-order valence-electron chi connectivity index (χ0n) is 11.3. The second-order valence-corrected chi connectivity index (χ2v) is 4.92. The first-order valence-corrected chi connectivity index (χ1v) is 7.42. The molecule has 7 heteroatoms. The summed E-state index contributed by atoms with van der Waals surface area (Å²) in [5.74, 6) is 0. The van der Waals surface area contributed by atoms with Crippen molar-refractivity contribution in [1.29, 1.82) is 0 Å². The summed E-state index contributed by atoms with van der Waals surface area (Å²) in [6, 6.07) is 4.90. The standard InChI is InChI=1S/C14H15F3O3S/c1-21-20-12-8-18-13(19-9-12)7-4-10-2-5-11(6-3-10)14(15,16)17/h2-7,12-13H,8-9H2,1H3/b7-4+. The van der Waals surface area contributed by atoms with Crippen LogP contribution in [0.5, 0.6) is 0 Å². The molecule has 2 rings (SSSR count).